The number of benzene rings is 2. The molecule has 1 amide bonds. The number of rotatable bonds is 5. The lowest BCUT2D eigenvalue weighted by molar-refractivity contribution is 0.0677. The first-order chi connectivity index (χ1) is 11.3. The summed E-state index contributed by atoms with van der Waals surface area (Å²) in [4.78, 5) is 15.5. The van der Waals surface area contributed by atoms with Crippen LogP contribution in [0.5, 0.6) is 0 Å². The van der Waals surface area contributed by atoms with Gasteiger partial charge in [-0.15, -0.1) is 11.8 Å². The molecular weight excluding hydrogens is 306 g/mol. The van der Waals surface area contributed by atoms with Gasteiger partial charge < -0.3 is 10.0 Å². The third kappa shape index (κ3) is 3.95. The van der Waals surface area contributed by atoms with Crippen LogP contribution in [0.25, 0.3) is 0 Å². The van der Waals surface area contributed by atoms with Crippen molar-refractivity contribution in [2.75, 3.05) is 13.2 Å². The van der Waals surface area contributed by atoms with E-state index in [1.54, 1.807) is 16.7 Å². The Hall–Kier alpha value is -1.78. The predicted octanol–water partition coefficient (Wildman–Crippen LogP) is 3.58. The summed E-state index contributed by atoms with van der Waals surface area (Å²) in [5.41, 5.74) is 2.00. The Morgan fingerprint density at radius 2 is 1.87 bits per heavy atom. The number of aliphatic hydroxyl groups excluding tert-OH is 1. The monoisotopic (exact) mass is 327 g/mol. The highest BCUT2D eigenvalue weighted by Gasteiger charge is 2.28. The number of carbonyl (C=O) groups excluding carboxylic acids is 1. The Labute approximate surface area is 141 Å². The standard InChI is InChI=1S/C19H21NO2S/c21-13-17-7-4-12-20(17)19(22)16-8-10-18(11-9-16)23-14-15-5-2-1-3-6-15/h1-3,5-6,8-11,17,21H,4,7,12-14H2/t17-/m1/s1. The molecule has 2 aromatic rings. The van der Waals surface area contributed by atoms with E-state index in [0.717, 1.165) is 30.0 Å². The fourth-order valence-electron chi connectivity index (χ4n) is 2.89. The molecule has 3 nitrogen and oxygen atoms in total. The Balaban J connectivity index is 1.61. The lowest BCUT2D eigenvalue weighted by Gasteiger charge is -2.23. The molecule has 120 valence electrons. The van der Waals surface area contributed by atoms with Crippen molar-refractivity contribution < 1.29 is 9.90 Å². The maximum atomic E-state index is 12.5. The molecule has 0 bridgehead atoms. The van der Waals surface area contributed by atoms with Crippen molar-refractivity contribution in [3.05, 3.63) is 65.7 Å². The van der Waals surface area contributed by atoms with Gasteiger partial charge in [-0.2, -0.15) is 0 Å². The van der Waals surface area contributed by atoms with Gasteiger partial charge in [-0.25, -0.2) is 0 Å². The lowest BCUT2D eigenvalue weighted by Crippen LogP contribution is -2.37. The molecule has 2 aromatic carbocycles. The van der Waals surface area contributed by atoms with Crippen LogP contribution in [0.1, 0.15) is 28.8 Å². The maximum Gasteiger partial charge on any atom is 0.254 e. The predicted molar refractivity (Wildman–Crippen MR) is 93.6 cm³/mol. The van der Waals surface area contributed by atoms with Crippen molar-refractivity contribution in [3.63, 3.8) is 0 Å². The first kappa shape index (κ1) is 16.1. The molecule has 1 atom stereocenters. The van der Waals surface area contributed by atoms with E-state index in [2.05, 4.69) is 12.1 Å². The van der Waals surface area contributed by atoms with E-state index in [-0.39, 0.29) is 18.6 Å². The third-order valence-corrected chi connectivity index (χ3v) is 5.28. The highest BCUT2D eigenvalue weighted by atomic mass is 32.2. The van der Waals surface area contributed by atoms with Crippen molar-refractivity contribution in [1.82, 2.24) is 4.90 Å². The van der Waals surface area contributed by atoms with E-state index in [4.69, 9.17) is 0 Å². The first-order valence-corrected chi connectivity index (χ1v) is 8.95. The van der Waals surface area contributed by atoms with E-state index in [9.17, 15) is 9.90 Å². The van der Waals surface area contributed by atoms with Gasteiger partial charge >= 0.3 is 0 Å². The van der Waals surface area contributed by atoms with Gasteiger partial charge in [0, 0.05) is 22.8 Å². The van der Waals surface area contributed by atoms with Gasteiger partial charge in [0.05, 0.1) is 12.6 Å². The summed E-state index contributed by atoms with van der Waals surface area (Å²) in [6.07, 6.45) is 1.87. The molecule has 0 radical (unpaired) electrons. The normalized spacial score (nSPS) is 17.4. The number of hydrogen-bond acceptors (Lipinski definition) is 3. The van der Waals surface area contributed by atoms with E-state index in [1.807, 2.05) is 42.5 Å². The van der Waals surface area contributed by atoms with Gasteiger partial charge in [-0.3, -0.25) is 4.79 Å². The van der Waals surface area contributed by atoms with Gasteiger partial charge in [0.15, 0.2) is 0 Å². The molecule has 1 heterocycles. The minimum Gasteiger partial charge on any atom is -0.394 e. The zero-order valence-electron chi connectivity index (χ0n) is 13.0. The van der Waals surface area contributed by atoms with E-state index in [0.29, 0.717) is 5.56 Å². The molecule has 4 heteroatoms. The second-order valence-corrected chi connectivity index (χ2v) is 6.82. The average molecular weight is 327 g/mol. The summed E-state index contributed by atoms with van der Waals surface area (Å²) in [5.74, 6) is 0.952. The second-order valence-electron chi connectivity index (χ2n) is 5.78. The van der Waals surface area contributed by atoms with E-state index >= 15 is 0 Å². The van der Waals surface area contributed by atoms with Crippen molar-refractivity contribution in [1.29, 1.82) is 0 Å². The van der Waals surface area contributed by atoms with Gasteiger partial charge in [0.2, 0.25) is 0 Å². The summed E-state index contributed by atoms with van der Waals surface area (Å²) in [6.45, 7) is 0.797. The van der Waals surface area contributed by atoms with Crippen LogP contribution in [0.15, 0.2) is 59.5 Å². The number of nitrogens with zero attached hydrogens (tertiary/aromatic N) is 1. The Bertz CT molecular complexity index is 642. The molecule has 1 aliphatic heterocycles. The van der Waals surface area contributed by atoms with E-state index in [1.165, 1.54) is 5.56 Å². The minimum absolute atomic E-state index is 0.0189. The summed E-state index contributed by atoms with van der Waals surface area (Å²) in [5, 5.41) is 9.36. The van der Waals surface area contributed by atoms with Crippen LogP contribution in [0.2, 0.25) is 0 Å². The Morgan fingerprint density at radius 1 is 1.13 bits per heavy atom. The second kappa shape index (κ2) is 7.66. The fraction of sp³-hybridized carbons (Fsp3) is 0.316. The Kier molecular flexibility index (Phi) is 5.36. The number of carbonyl (C=O) groups is 1. The van der Waals surface area contributed by atoms with Crippen LogP contribution in [-0.2, 0) is 5.75 Å². The van der Waals surface area contributed by atoms with Crippen molar-refractivity contribution in [2.24, 2.45) is 0 Å². The number of amides is 1. The molecule has 23 heavy (non-hydrogen) atoms. The van der Waals surface area contributed by atoms with Gasteiger partial charge in [0.25, 0.3) is 5.91 Å². The molecule has 1 aliphatic rings. The van der Waals surface area contributed by atoms with Crippen molar-refractivity contribution in [3.8, 4) is 0 Å². The molecule has 3 rings (SSSR count). The summed E-state index contributed by atoms with van der Waals surface area (Å²) in [6, 6.07) is 18.1. The largest absolute Gasteiger partial charge is 0.394 e. The van der Waals surface area contributed by atoms with Crippen LogP contribution < -0.4 is 0 Å². The van der Waals surface area contributed by atoms with Gasteiger partial charge in [0.1, 0.15) is 0 Å². The SMILES string of the molecule is O=C(c1ccc(SCc2ccccc2)cc1)N1CCC[C@@H]1CO. The summed E-state index contributed by atoms with van der Waals surface area (Å²) < 4.78 is 0. The number of aliphatic hydroxyl groups is 1. The van der Waals surface area contributed by atoms with Crippen molar-refractivity contribution in [2.45, 2.75) is 29.5 Å². The zero-order valence-corrected chi connectivity index (χ0v) is 13.8. The summed E-state index contributed by atoms with van der Waals surface area (Å²) in [7, 11) is 0. The van der Waals surface area contributed by atoms with E-state index < -0.39 is 0 Å². The average Bonchev–Trinajstić information content (AvgIpc) is 3.09. The van der Waals surface area contributed by atoms with Gasteiger partial charge in [-0.1, -0.05) is 30.3 Å². The number of hydrogen-bond donors (Lipinski definition) is 1. The molecule has 1 N–H and O–H groups in total. The van der Waals surface area contributed by atoms with Crippen LogP contribution in [-0.4, -0.2) is 35.1 Å². The minimum atomic E-state index is -0.0189. The smallest absolute Gasteiger partial charge is 0.254 e. The molecule has 1 fully saturated rings. The van der Waals surface area contributed by atoms with Crippen LogP contribution in [0.3, 0.4) is 0 Å². The fourth-order valence-corrected chi connectivity index (χ4v) is 3.75. The first-order valence-electron chi connectivity index (χ1n) is 7.96. The molecule has 1 saturated heterocycles. The van der Waals surface area contributed by atoms with Crippen LogP contribution in [0, 0.1) is 0 Å². The highest BCUT2D eigenvalue weighted by Crippen LogP contribution is 2.24. The lowest BCUT2D eigenvalue weighted by atomic mass is 10.2. The molecule has 0 unspecified atom stereocenters. The van der Waals surface area contributed by atoms with Crippen molar-refractivity contribution >= 4 is 17.7 Å². The quantitative estimate of drug-likeness (QED) is 0.854. The maximum absolute atomic E-state index is 12.5. The molecule has 0 saturated carbocycles. The summed E-state index contributed by atoms with van der Waals surface area (Å²) >= 11 is 1.77. The molecular formula is C19H21NO2S. The molecule has 0 aromatic heterocycles. The zero-order chi connectivity index (χ0) is 16.1. The topological polar surface area (TPSA) is 40.5 Å². The third-order valence-electron chi connectivity index (χ3n) is 4.20. The molecule has 0 aliphatic carbocycles. The molecule has 0 spiro atoms. The Morgan fingerprint density at radius 3 is 2.57 bits per heavy atom. The van der Waals surface area contributed by atoms with Gasteiger partial charge in [-0.05, 0) is 42.7 Å². The number of likely N-dealkylation sites (tertiary alicyclic amines) is 1. The number of thioether (sulfide) groups is 1. The van der Waals surface area contributed by atoms with Crippen LogP contribution in [0.4, 0.5) is 0 Å². The van der Waals surface area contributed by atoms with Crippen LogP contribution >= 0.6 is 11.8 Å². The highest BCUT2D eigenvalue weighted by molar-refractivity contribution is 7.98.